The normalized spacial score (nSPS) is 30.7. The van der Waals surface area contributed by atoms with Crippen molar-refractivity contribution >= 4 is 17.5 Å². The summed E-state index contributed by atoms with van der Waals surface area (Å²) in [7, 11) is 0. The lowest BCUT2D eigenvalue weighted by Gasteiger charge is -2.45. The van der Waals surface area contributed by atoms with Crippen LogP contribution in [0.25, 0.3) is 0 Å². The van der Waals surface area contributed by atoms with E-state index in [2.05, 4.69) is 31.2 Å². The molecular weight excluding hydrogens is 252 g/mol. The van der Waals surface area contributed by atoms with E-state index >= 15 is 0 Å². The summed E-state index contributed by atoms with van der Waals surface area (Å²) in [6.45, 7) is 2.37. The minimum atomic E-state index is 0.229. The fraction of sp³-hybridized carbons (Fsp3) is 0.471. The molecule has 0 amide bonds. The molecule has 2 aliphatic rings. The van der Waals surface area contributed by atoms with Crippen molar-refractivity contribution in [1.82, 2.24) is 0 Å². The zero-order valence-electron chi connectivity index (χ0n) is 11.4. The van der Waals surface area contributed by atoms with E-state index in [9.17, 15) is 4.79 Å². The molecule has 3 rings (SSSR count). The molecule has 0 aliphatic heterocycles. The van der Waals surface area contributed by atoms with Gasteiger partial charge in [0.15, 0.2) is 5.78 Å². The Kier molecular flexibility index (Phi) is 3.53. The van der Waals surface area contributed by atoms with Gasteiger partial charge in [-0.25, -0.2) is 0 Å². The molecule has 1 aromatic carbocycles. The molecule has 1 saturated carbocycles. The monoisotopic (exact) mass is 272 g/mol. The Morgan fingerprint density at radius 3 is 2.79 bits per heavy atom. The molecule has 0 saturated heterocycles. The summed E-state index contributed by atoms with van der Waals surface area (Å²) in [4.78, 5) is 14.5. The molecule has 0 spiro atoms. The quantitative estimate of drug-likeness (QED) is 0.767. The van der Waals surface area contributed by atoms with Crippen LogP contribution in [0.5, 0.6) is 0 Å². The highest BCUT2D eigenvalue weighted by Gasteiger charge is 2.43. The molecule has 100 valence electrons. The van der Waals surface area contributed by atoms with Crippen molar-refractivity contribution in [2.24, 2.45) is 11.3 Å². The van der Waals surface area contributed by atoms with Crippen molar-refractivity contribution in [1.29, 1.82) is 0 Å². The van der Waals surface area contributed by atoms with Crippen molar-refractivity contribution in [2.75, 3.05) is 0 Å². The van der Waals surface area contributed by atoms with Crippen LogP contribution >= 0.6 is 11.8 Å². The number of ketones is 1. The van der Waals surface area contributed by atoms with Crippen molar-refractivity contribution in [3.63, 3.8) is 0 Å². The third kappa shape index (κ3) is 2.51. The molecule has 2 heteroatoms. The molecule has 19 heavy (non-hydrogen) atoms. The maximum absolute atomic E-state index is 12.0. The molecule has 0 heterocycles. The first-order valence-electron chi connectivity index (χ1n) is 7.16. The van der Waals surface area contributed by atoms with Gasteiger partial charge in [0, 0.05) is 16.7 Å². The molecule has 1 aromatic rings. The second kappa shape index (κ2) is 5.16. The molecule has 1 nitrogen and oxygen atoms in total. The number of hydrogen-bond acceptors (Lipinski definition) is 2. The lowest BCUT2D eigenvalue weighted by molar-refractivity contribution is -0.117. The van der Waals surface area contributed by atoms with E-state index in [1.807, 2.05) is 12.1 Å². The number of hydrogen-bond donors (Lipinski definition) is 0. The minimum absolute atomic E-state index is 0.229. The molecule has 1 fully saturated rings. The van der Waals surface area contributed by atoms with Gasteiger partial charge in [0.05, 0.1) is 0 Å². The summed E-state index contributed by atoms with van der Waals surface area (Å²) in [5.74, 6) is 0.882. The number of benzene rings is 1. The second-order valence-electron chi connectivity index (χ2n) is 5.95. The lowest BCUT2D eigenvalue weighted by atomic mass is 9.63. The third-order valence-corrected chi connectivity index (χ3v) is 5.99. The molecule has 0 aromatic heterocycles. The average Bonchev–Trinajstić information content (AvgIpc) is 2.41. The lowest BCUT2D eigenvalue weighted by Crippen LogP contribution is -2.36. The molecular formula is C17H20OS. The Labute approximate surface area is 119 Å². The van der Waals surface area contributed by atoms with Gasteiger partial charge in [-0.1, -0.05) is 49.7 Å². The van der Waals surface area contributed by atoms with Gasteiger partial charge >= 0.3 is 0 Å². The largest absolute Gasteiger partial charge is 0.295 e. The average molecular weight is 272 g/mol. The summed E-state index contributed by atoms with van der Waals surface area (Å²) in [5.41, 5.74) is 0.229. The van der Waals surface area contributed by atoms with Crippen LogP contribution in [0.3, 0.4) is 0 Å². The summed E-state index contributed by atoms with van der Waals surface area (Å²) >= 11 is 1.79. The van der Waals surface area contributed by atoms with E-state index in [-0.39, 0.29) is 5.41 Å². The fourth-order valence-electron chi connectivity index (χ4n) is 3.43. The van der Waals surface area contributed by atoms with Crippen LogP contribution in [0.15, 0.2) is 46.2 Å². The number of carbonyl (C=O) groups is 1. The molecule has 0 bridgehead atoms. The predicted octanol–water partition coefficient (Wildman–Crippen LogP) is 4.83. The van der Waals surface area contributed by atoms with Gasteiger partial charge in [-0.2, -0.15) is 0 Å². The smallest absolute Gasteiger partial charge is 0.156 e. The Morgan fingerprint density at radius 1 is 1.21 bits per heavy atom. The Hall–Kier alpha value is -1.02. The summed E-state index contributed by atoms with van der Waals surface area (Å²) < 4.78 is 0. The van der Waals surface area contributed by atoms with Crippen molar-refractivity contribution < 1.29 is 4.79 Å². The number of allylic oxidation sites excluding steroid dienone is 2. The van der Waals surface area contributed by atoms with E-state index < -0.39 is 0 Å². The van der Waals surface area contributed by atoms with Crippen LogP contribution < -0.4 is 0 Å². The maximum Gasteiger partial charge on any atom is 0.156 e. The summed E-state index contributed by atoms with van der Waals surface area (Å²) in [6.07, 6.45) is 7.71. The first-order valence-corrected chi connectivity index (χ1v) is 7.98. The predicted molar refractivity (Wildman–Crippen MR) is 80.1 cm³/mol. The highest BCUT2D eigenvalue weighted by Crippen LogP contribution is 2.54. The zero-order valence-corrected chi connectivity index (χ0v) is 12.2. The van der Waals surface area contributed by atoms with Crippen LogP contribution in [0, 0.1) is 11.3 Å². The highest BCUT2D eigenvalue weighted by atomic mass is 32.2. The molecule has 0 radical (unpaired) electrons. The number of fused-ring (bicyclic) bond motifs is 1. The first-order chi connectivity index (χ1) is 9.18. The van der Waals surface area contributed by atoms with E-state index in [4.69, 9.17) is 0 Å². The van der Waals surface area contributed by atoms with Crippen LogP contribution in [0.2, 0.25) is 0 Å². The van der Waals surface area contributed by atoms with Gasteiger partial charge in [-0.05, 0) is 41.9 Å². The molecule has 2 atom stereocenters. The maximum atomic E-state index is 12.0. The standard InChI is InChI=1S/C17H20OS/c1-17-10-6-5-7-13(17)11-14(18)12-16(17)19-15-8-3-2-4-9-15/h2-4,8-9,12-13H,5-7,10-11H2,1H3/t13-,17+/m1/s1. The van der Waals surface area contributed by atoms with Crippen LogP contribution in [-0.4, -0.2) is 5.78 Å². The van der Waals surface area contributed by atoms with Gasteiger partial charge in [0.25, 0.3) is 0 Å². The summed E-state index contributed by atoms with van der Waals surface area (Å²) in [6, 6.07) is 10.4. The van der Waals surface area contributed by atoms with Crippen LogP contribution in [-0.2, 0) is 4.79 Å². The van der Waals surface area contributed by atoms with Gasteiger partial charge < -0.3 is 0 Å². The van der Waals surface area contributed by atoms with Gasteiger partial charge in [0.2, 0.25) is 0 Å². The molecule has 2 aliphatic carbocycles. The first kappa shape index (κ1) is 13.0. The van der Waals surface area contributed by atoms with Crippen molar-refractivity contribution in [2.45, 2.75) is 43.9 Å². The van der Waals surface area contributed by atoms with E-state index in [0.29, 0.717) is 11.7 Å². The van der Waals surface area contributed by atoms with Gasteiger partial charge in [-0.3, -0.25) is 4.79 Å². The SMILES string of the molecule is C[C@]12CCCC[C@@H]1CC(=O)C=C2Sc1ccccc1. The van der Waals surface area contributed by atoms with E-state index in [0.717, 1.165) is 6.42 Å². The molecule has 0 unspecified atom stereocenters. The molecule has 0 N–H and O–H groups in total. The summed E-state index contributed by atoms with van der Waals surface area (Å²) in [5, 5.41) is 0. The number of thioether (sulfide) groups is 1. The van der Waals surface area contributed by atoms with E-state index in [1.54, 1.807) is 11.8 Å². The Bertz CT molecular complexity index is 505. The van der Waals surface area contributed by atoms with Crippen LogP contribution in [0.1, 0.15) is 39.0 Å². The topological polar surface area (TPSA) is 17.1 Å². The van der Waals surface area contributed by atoms with E-state index in [1.165, 1.54) is 35.5 Å². The van der Waals surface area contributed by atoms with Gasteiger partial charge in [-0.15, -0.1) is 0 Å². The van der Waals surface area contributed by atoms with Crippen LogP contribution in [0.4, 0.5) is 0 Å². The Morgan fingerprint density at radius 2 is 2.00 bits per heavy atom. The zero-order chi connectivity index (χ0) is 13.3. The number of carbonyl (C=O) groups excluding carboxylic acids is 1. The fourth-order valence-corrected chi connectivity index (χ4v) is 4.67. The second-order valence-corrected chi connectivity index (χ2v) is 7.07. The van der Waals surface area contributed by atoms with Crippen molar-refractivity contribution in [3.05, 3.63) is 41.3 Å². The Balaban J connectivity index is 1.91. The van der Waals surface area contributed by atoms with Gasteiger partial charge in [0.1, 0.15) is 0 Å². The third-order valence-electron chi connectivity index (χ3n) is 4.67. The minimum Gasteiger partial charge on any atom is -0.295 e. The highest BCUT2D eigenvalue weighted by molar-refractivity contribution is 8.03. The van der Waals surface area contributed by atoms with Crippen molar-refractivity contribution in [3.8, 4) is 0 Å². The number of rotatable bonds is 2.